The summed E-state index contributed by atoms with van der Waals surface area (Å²) in [5.41, 5.74) is -3.27. The number of hydrogen-bond donors (Lipinski definition) is 1. The molecule has 0 fully saturated rings. The Morgan fingerprint density at radius 3 is 2.15 bits per heavy atom. The van der Waals surface area contributed by atoms with Crippen LogP contribution in [0.1, 0.15) is 45.5 Å². The molecule has 0 heterocycles. The second-order valence-corrected chi connectivity index (χ2v) is 11.7. The Kier molecular flexibility index (Phi) is 10.6. The molecule has 2 aromatic rings. The molecular weight excluding hydrogens is 636 g/mol. The van der Waals surface area contributed by atoms with E-state index in [1.54, 1.807) is 0 Å². The maximum absolute atomic E-state index is 13.9. The van der Waals surface area contributed by atoms with E-state index in [1.807, 2.05) is 5.32 Å². The van der Waals surface area contributed by atoms with E-state index in [2.05, 4.69) is 6.58 Å². The van der Waals surface area contributed by atoms with Gasteiger partial charge in [-0.15, -0.1) is 0 Å². The Morgan fingerprint density at radius 2 is 1.63 bits per heavy atom. The zero-order valence-electron chi connectivity index (χ0n) is 20.7. The monoisotopic (exact) mass is 655 g/mol. The summed E-state index contributed by atoms with van der Waals surface area (Å²) in [6.07, 6.45) is -12.7. The highest BCUT2D eigenvalue weighted by Gasteiger charge is 2.40. The molecule has 0 aromatic heterocycles. The Hall–Kier alpha value is -2.71. The molecule has 1 N–H and O–H groups in total. The van der Waals surface area contributed by atoms with Crippen molar-refractivity contribution in [2.45, 2.75) is 37.4 Å². The fraction of sp³-hybridized carbons (Fsp3) is 0.320. The van der Waals surface area contributed by atoms with Gasteiger partial charge in [0.1, 0.15) is 5.75 Å². The molecule has 2 aromatic carbocycles. The SMILES string of the molecule is C=Cc1cc(C(/C=C/c2ccc(C(=O)N[C@H](C)CS(=O)(=O)CC(F)(F)F)c(C(F)(F)F)c2)C(F)(F)F)cc(Cl)c1Cl. The molecular formula is C25H20Cl2F9NO3S. The first-order chi connectivity index (χ1) is 18.5. The van der Waals surface area contributed by atoms with Crippen LogP contribution >= 0.6 is 23.2 Å². The van der Waals surface area contributed by atoms with Crippen molar-refractivity contribution < 1.29 is 52.7 Å². The molecule has 0 aliphatic carbocycles. The van der Waals surface area contributed by atoms with Gasteiger partial charge in [0, 0.05) is 6.04 Å². The minimum Gasteiger partial charge on any atom is -0.349 e. The fourth-order valence-electron chi connectivity index (χ4n) is 3.71. The van der Waals surface area contributed by atoms with Gasteiger partial charge in [-0.25, -0.2) is 8.42 Å². The minimum atomic E-state index is -5.19. The summed E-state index contributed by atoms with van der Waals surface area (Å²) in [4.78, 5) is 12.5. The Balaban J connectivity index is 2.41. The first-order valence-electron chi connectivity index (χ1n) is 11.2. The molecule has 4 nitrogen and oxygen atoms in total. The summed E-state index contributed by atoms with van der Waals surface area (Å²) in [5, 5.41) is 1.64. The van der Waals surface area contributed by atoms with E-state index < -0.39 is 68.9 Å². The summed E-state index contributed by atoms with van der Waals surface area (Å²) in [5.74, 6) is -7.18. The fourth-order valence-corrected chi connectivity index (χ4v) is 5.59. The van der Waals surface area contributed by atoms with Gasteiger partial charge in [-0.3, -0.25) is 4.79 Å². The maximum Gasteiger partial charge on any atom is 0.417 e. The van der Waals surface area contributed by atoms with Crippen LogP contribution in [-0.2, 0) is 16.0 Å². The normalized spacial score (nSPS) is 14.6. The number of hydrogen-bond acceptors (Lipinski definition) is 3. The zero-order chi connectivity index (χ0) is 31.6. The largest absolute Gasteiger partial charge is 0.417 e. The number of sulfone groups is 1. The number of rotatable bonds is 9. The van der Waals surface area contributed by atoms with Crippen LogP contribution in [0.4, 0.5) is 39.5 Å². The third kappa shape index (κ3) is 9.96. The third-order valence-corrected chi connectivity index (χ3v) is 7.94. The molecule has 0 radical (unpaired) electrons. The Morgan fingerprint density at radius 1 is 1.02 bits per heavy atom. The lowest BCUT2D eigenvalue weighted by Crippen LogP contribution is -2.40. The van der Waals surface area contributed by atoms with Crippen LogP contribution in [0.25, 0.3) is 12.2 Å². The molecule has 0 bridgehead atoms. The molecule has 0 aliphatic rings. The summed E-state index contributed by atoms with van der Waals surface area (Å²) in [7, 11) is -4.76. The second kappa shape index (κ2) is 12.7. The number of alkyl halides is 9. The van der Waals surface area contributed by atoms with Gasteiger partial charge in [-0.05, 0) is 47.9 Å². The molecule has 2 rings (SSSR count). The lowest BCUT2D eigenvalue weighted by atomic mass is 9.94. The van der Waals surface area contributed by atoms with E-state index in [-0.39, 0.29) is 26.7 Å². The zero-order valence-corrected chi connectivity index (χ0v) is 23.0. The molecule has 0 spiro atoms. The van der Waals surface area contributed by atoms with Gasteiger partial charge in [0.05, 0.1) is 32.8 Å². The topological polar surface area (TPSA) is 63.2 Å². The number of carbonyl (C=O) groups is 1. The van der Waals surface area contributed by atoms with E-state index in [9.17, 15) is 52.7 Å². The van der Waals surface area contributed by atoms with E-state index in [0.717, 1.165) is 31.2 Å². The molecule has 0 saturated heterocycles. The molecule has 226 valence electrons. The predicted molar refractivity (Wildman–Crippen MR) is 137 cm³/mol. The van der Waals surface area contributed by atoms with Gasteiger partial charge >= 0.3 is 18.5 Å². The van der Waals surface area contributed by atoms with Crippen LogP contribution in [0.15, 0.2) is 43.0 Å². The molecule has 16 heteroatoms. The number of allylic oxidation sites excluding steroid dienone is 1. The number of nitrogens with one attached hydrogen (secondary N) is 1. The maximum atomic E-state index is 13.9. The van der Waals surface area contributed by atoms with Crippen molar-refractivity contribution in [3.63, 3.8) is 0 Å². The summed E-state index contributed by atoms with van der Waals surface area (Å²) in [6.45, 7) is 4.42. The molecule has 1 unspecified atom stereocenters. The van der Waals surface area contributed by atoms with Gasteiger partial charge in [-0.2, -0.15) is 39.5 Å². The minimum absolute atomic E-state index is 0.0497. The van der Waals surface area contributed by atoms with Crippen LogP contribution in [0.2, 0.25) is 10.0 Å². The lowest BCUT2D eigenvalue weighted by molar-refractivity contribution is -0.139. The smallest absolute Gasteiger partial charge is 0.349 e. The second-order valence-electron chi connectivity index (χ2n) is 8.84. The standard InChI is InChI=1S/C25H20Cl2F9NO3S/c1-3-15-9-16(10-20(26)21(15)27)18(24(31,32)33)7-5-14-4-6-17(19(8-14)25(34,35)36)22(38)37-13(2)11-41(39,40)12-23(28,29)30/h3-10,13,18H,1,11-12H2,2H3,(H,37,38)/b7-5+/t13-,18?/m1/s1. The van der Waals surface area contributed by atoms with Crippen LogP contribution in [0.3, 0.4) is 0 Å². The Bertz CT molecular complexity index is 1430. The average molecular weight is 656 g/mol. The van der Waals surface area contributed by atoms with Gasteiger partial charge in [0.25, 0.3) is 5.91 Å². The highest BCUT2D eigenvalue weighted by molar-refractivity contribution is 7.91. The lowest BCUT2D eigenvalue weighted by Gasteiger charge is -2.19. The quantitative estimate of drug-likeness (QED) is 0.278. The van der Waals surface area contributed by atoms with E-state index in [1.165, 1.54) is 6.08 Å². The molecule has 41 heavy (non-hydrogen) atoms. The van der Waals surface area contributed by atoms with Gasteiger partial charge in [-0.1, -0.05) is 54.1 Å². The molecule has 0 saturated carbocycles. The number of amides is 1. The van der Waals surface area contributed by atoms with Crippen LogP contribution < -0.4 is 5.32 Å². The predicted octanol–water partition coefficient (Wildman–Crippen LogP) is 8.11. The van der Waals surface area contributed by atoms with Crippen molar-refractivity contribution in [1.29, 1.82) is 0 Å². The van der Waals surface area contributed by atoms with Crippen molar-refractivity contribution in [3.8, 4) is 0 Å². The highest BCUT2D eigenvalue weighted by atomic mass is 35.5. The van der Waals surface area contributed by atoms with Crippen molar-refractivity contribution >= 4 is 51.1 Å². The van der Waals surface area contributed by atoms with Crippen LogP contribution in [0.5, 0.6) is 0 Å². The summed E-state index contributed by atoms with van der Waals surface area (Å²) in [6, 6.07) is 2.46. The number of carbonyl (C=O) groups excluding carboxylic acids is 1. The van der Waals surface area contributed by atoms with Crippen molar-refractivity contribution in [2.75, 3.05) is 11.5 Å². The molecule has 0 aliphatic heterocycles. The van der Waals surface area contributed by atoms with E-state index >= 15 is 0 Å². The van der Waals surface area contributed by atoms with E-state index in [0.29, 0.717) is 18.2 Å². The van der Waals surface area contributed by atoms with Gasteiger partial charge in [0.2, 0.25) is 0 Å². The van der Waals surface area contributed by atoms with E-state index in [4.69, 9.17) is 23.2 Å². The summed E-state index contributed by atoms with van der Waals surface area (Å²) >= 11 is 11.8. The summed E-state index contributed by atoms with van der Waals surface area (Å²) < 4.78 is 143. The third-order valence-electron chi connectivity index (χ3n) is 5.35. The van der Waals surface area contributed by atoms with Crippen molar-refractivity contribution in [1.82, 2.24) is 5.32 Å². The molecule has 1 amide bonds. The van der Waals surface area contributed by atoms with Gasteiger partial charge < -0.3 is 5.32 Å². The van der Waals surface area contributed by atoms with Crippen molar-refractivity contribution in [3.05, 3.63) is 80.8 Å². The number of benzene rings is 2. The highest BCUT2D eigenvalue weighted by Crippen LogP contribution is 2.40. The van der Waals surface area contributed by atoms with Crippen LogP contribution in [0, 0.1) is 0 Å². The van der Waals surface area contributed by atoms with Gasteiger partial charge in [0.15, 0.2) is 9.84 Å². The average Bonchev–Trinajstić information content (AvgIpc) is 2.77. The first kappa shape index (κ1) is 34.5. The first-order valence-corrected chi connectivity index (χ1v) is 13.8. The van der Waals surface area contributed by atoms with Crippen molar-refractivity contribution in [2.24, 2.45) is 0 Å². The molecule has 2 atom stereocenters. The Labute approximate surface area is 238 Å². The number of halogens is 11. The van der Waals surface area contributed by atoms with Crippen LogP contribution in [-0.4, -0.2) is 44.2 Å².